The minimum Gasteiger partial charge on any atom is -0.265 e. The van der Waals surface area contributed by atoms with Gasteiger partial charge in [0.25, 0.3) is 0 Å². The van der Waals surface area contributed by atoms with E-state index in [1.54, 1.807) is 0 Å². The molecule has 0 N–H and O–H groups in total. The number of halogens is 1. The third-order valence-electron chi connectivity index (χ3n) is 1.79. The molecule has 66 valence electrons. The van der Waals surface area contributed by atoms with Gasteiger partial charge in [-0.05, 0) is 23.3 Å². The van der Waals surface area contributed by atoms with E-state index in [1.807, 2.05) is 42.7 Å². The summed E-state index contributed by atoms with van der Waals surface area (Å²) in [5.41, 5.74) is 2.45. The second-order valence-corrected chi connectivity index (χ2v) is 2.60. The first-order valence-corrected chi connectivity index (χ1v) is 3.92. The highest BCUT2D eigenvalue weighted by molar-refractivity contribution is 14.0. The van der Waals surface area contributed by atoms with Crippen molar-refractivity contribution in [2.75, 3.05) is 0 Å². The molecule has 1 aromatic heterocycles. The minimum atomic E-state index is 0. The molecule has 0 unspecified atom stereocenters. The molecule has 1 nitrogen and oxygen atoms in total. The quantitative estimate of drug-likeness (QED) is 0.731. The molecule has 0 spiro atoms. The van der Waals surface area contributed by atoms with Crippen LogP contribution in [0.4, 0.5) is 0 Å². The molecule has 1 aromatic carbocycles. The van der Waals surface area contributed by atoms with Gasteiger partial charge in [0.05, 0.1) is 0 Å². The smallest absolute Gasteiger partial charge is 0.0273 e. The molecule has 0 saturated heterocycles. The topological polar surface area (TPSA) is 12.9 Å². The molecule has 0 aliphatic heterocycles. The number of benzene rings is 1. The molecule has 0 saturated carbocycles. The largest absolute Gasteiger partial charge is 0.265 e. The fourth-order valence-electron chi connectivity index (χ4n) is 1.17. The fourth-order valence-corrected chi connectivity index (χ4v) is 1.17. The van der Waals surface area contributed by atoms with Crippen LogP contribution in [0.15, 0.2) is 54.9 Å². The van der Waals surface area contributed by atoms with E-state index < -0.39 is 0 Å². The van der Waals surface area contributed by atoms with Crippen LogP contribution >= 0.6 is 24.0 Å². The predicted octanol–water partition coefficient (Wildman–Crippen LogP) is 3.37. The Bertz CT molecular complexity index is 307. The van der Waals surface area contributed by atoms with Gasteiger partial charge in [-0.25, -0.2) is 0 Å². The van der Waals surface area contributed by atoms with Gasteiger partial charge in [0, 0.05) is 12.4 Å². The Hall–Kier alpha value is -0.900. The van der Waals surface area contributed by atoms with Gasteiger partial charge < -0.3 is 0 Å². The van der Waals surface area contributed by atoms with Crippen molar-refractivity contribution in [3.05, 3.63) is 54.9 Å². The van der Waals surface area contributed by atoms with Gasteiger partial charge in [0.2, 0.25) is 0 Å². The lowest BCUT2D eigenvalue weighted by atomic mass is 10.1. The van der Waals surface area contributed by atoms with Crippen LogP contribution in [0, 0.1) is 0 Å². The van der Waals surface area contributed by atoms with Crippen LogP contribution in [0.2, 0.25) is 0 Å². The molecule has 0 amide bonds. The number of aromatic nitrogens is 1. The summed E-state index contributed by atoms with van der Waals surface area (Å²) < 4.78 is 0. The van der Waals surface area contributed by atoms with Gasteiger partial charge in [-0.3, -0.25) is 4.98 Å². The highest BCUT2D eigenvalue weighted by Crippen LogP contribution is 2.16. The Kier molecular flexibility index (Phi) is 3.89. The van der Waals surface area contributed by atoms with Gasteiger partial charge in [0.1, 0.15) is 0 Å². The van der Waals surface area contributed by atoms with Crippen molar-refractivity contribution >= 4 is 24.0 Å². The number of hydrogen-bond acceptors (Lipinski definition) is 1. The summed E-state index contributed by atoms with van der Waals surface area (Å²) in [6, 6.07) is 14.3. The number of pyridine rings is 1. The zero-order valence-electron chi connectivity index (χ0n) is 7.05. The van der Waals surface area contributed by atoms with Crippen molar-refractivity contribution in [2.24, 2.45) is 0 Å². The fraction of sp³-hybridized carbons (Fsp3) is 0. The van der Waals surface area contributed by atoms with Gasteiger partial charge in [-0.15, -0.1) is 24.0 Å². The van der Waals surface area contributed by atoms with E-state index in [4.69, 9.17) is 0 Å². The molecule has 2 heteroatoms. The summed E-state index contributed by atoms with van der Waals surface area (Å²) in [6.07, 6.45) is 3.62. The van der Waals surface area contributed by atoms with Crippen LogP contribution in [0.25, 0.3) is 11.1 Å². The lowest BCUT2D eigenvalue weighted by molar-refractivity contribution is 1.33. The Morgan fingerprint density at radius 1 is 0.692 bits per heavy atom. The van der Waals surface area contributed by atoms with Gasteiger partial charge in [-0.2, -0.15) is 0 Å². The summed E-state index contributed by atoms with van der Waals surface area (Å²) in [7, 11) is 0. The molecule has 13 heavy (non-hydrogen) atoms. The molecule has 0 aliphatic carbocycles. The molecule has 2 aromatic rings. The SMILES string of the molecule is I.c1ccc(-c2ccncc2)cc1. The summed E-state index contributed by atoms with van der Waals surface area (Å²) in [6.45, 7) is 0. The first kappa shape index (κ1) is 10.2. The number of hydrogen-bond donors (Lipinski definition) is 0. The Morgan fingerprint density at radius 3 is 1.85 bits per heavy atom. The average molecular weight is 283 g/mol. The Balaban J connectivity index is 0.000000845. The molecular formula is C11H10IN. The van der Waals surface area contributed by atoms with Crippen molar-refractivity contribution in [2.45, 2.75) is 0 Å². The van der Waals surface area contributed by atoms with Crippen LogP contribution in [0.1, 0.15) is 0 Å². The summed E-state index contributed by atoms with van der Waals surface area (Å²) in [4.78, 5) is 3.97. The van der Waals surface area contributed by atoms with Gasteiger partial charge >= 0.3 is 0 Å². The molecule has 0 bridgehead atoms. The number of rotatable bonds is 1. The van der Waals surface area contributed by atoms with E-state index in [0.29, 0.717) is 0 Å². The van der Waals surface area contributed by atoms with Crippen molar-refractivity contribution in [3.8, 4) is 11.1 Å². The van der Waals surface area contributed by atoms with Crippen LogP contribution in [-0.2, 0) is 0 Å². The average Bonchev–Trinajstić information content (AvgIpc) is 2.21. The first-order valence-electron chi connectivity index (χ1n) is 3.92. The van der Waals surface area contributed by atoms with Crippen LogP contribution in [0.3, 0.4) is 0 Å². The summed E-state index contributed by atoms with van der Waals surface area (Å²) >= 11 is 0. The molecule has 2 rings (SSSR count). The molecular weight excluding hydrogens is 273 g/mol. The lowest BCUT2D eigenvalue weighted by Crippen LogP contribution is -1.76. The molecule has 0 radical (unpaired) electrons. The Morgan fingerprint density at radius 2 is 1.23 bits per heavy atom. The zero-order valence-corrected chi connectivity index (χ0v) is 9.38. The molecule has 0 atom stereocenters. The standard InChI is InChI=1S/C11H9N.HI/c1-2-4-10(5-3-1)11-6-8-12-9-7-11;/h1-9H;1H. The van der Waals surface area contributed by atoms with Gasteiger partial charge in [-0.1, -0.05) is 30.3 Å². The summed E-state index contributed by atoms with van der Waals surface area (Å²) in [5.74, 6) is 0. The number of nitrogens with zero attached hydrogens (tertiary/aromatic N) is 1. The van der Waals surface area contributed by atoms with E-state index in [2.05, 4.69) is 17.1 Å². The maximum Gasteiger partial charge on any atom is 0.0273 e. The zero-order chi connectivity index (χ0) is 8.23. The third-order valence-corrected chi connectivity index (χ3v) is 1.79. The van der Waals surface area contributed by atoms with Crippen molar-refractivity contribution in [1.82, 2.24) is 4.98 Å². The van der Waals surface area contributed by atoms with E-state index in [1.165, 1.54) is 11.1 Å². The first-order chi connectivity index (χ1) is 5.97. The lowest BCUT2D eigenvalue weighted by Gasteiger charge is -1.98. The molecule has 0 fully saturated rings. The monoisotopic (exact) mass is 283 g/mol. The van der Waals surface area contributed by atoms with Crippen LogP contribution in [0.5, 0.6) is 0 Å². The Labute approximate surface area is 94.9 Å². The van der Waals surface area contributed by atoms with Crippen LogP contribution < -0.4 is 0 Å². The maximum atomic E-state index is 3.97. The molecule has 0 aliphatic rings. The summed E-state index contributed by atoms with van der Waals surface area (Å²) in [5, 5.41) is 0. The predicted molar refractivity (Wildman–Crippen MR) is 65.1 cm³/mol. The minimum absolute atomic E-state index is 0. The van der Waals surface area contributed by atoms with E-state index in [0.717, 1.165) is 0 Å². The van der Waals surface area contributed by atoms with E-state index in [9.17, 15) is 0 Å². The van der Waals surface area contributed by atoms with Gasteiger partial charge in [0.15, 0.2) is 0 Å². The van der Waals surface area contributed by atoms with Crippen molar-refractivity contribution < 1.29 is 0 Å². The van der Waals surface area contributed by atoms with Crippen LogP contribution in [-0.4, -0.2) is 4.98 Å². The van der Waals surface area contributed by atoms with Crippen molar-refractivity contribution in [3.63, 3.8) is 0 Å². The second-order valence-electron chi connectivity index (χ2n) is 2.60. The van der Waals surface area contributed by atoms with E-state index >= 15 is 0 Å². The second kappa shape index (κ2) is 4.97. The highest BCUT2D eigenvalue weighted by Gasteiger charge is 1.92. The maximum absolute atomic E-state index is 3.97. The van der Waals surface area contributed by atoms with Crippen molar-refractivity contribution in [1.29, 1.82) is 0 Å². The normalized spacial score (nSPS) is 8.92. The highest BCUT2D eigenvalue weighted by atomic mass is 127. The third kappa shape index (κ3) is 2.52. The molecule has 1 heterocycles. The van der Waals surface area contributed by atoms with E-state index in [-0.39, 0.29) is 24.0 Å².